The van der Waals surface area contributed by atoms with Gasteiger partial charge in [-0.25, -0.2) is 0 Å². The quantitative estimate of drug-likeness (QED) is 0.884. The van der Waals surface area contributed by atoms with Crippen molar-refractivity contribution in [2.24, 2.45) is 0 Å². The maximum absolute atomic E-state index is 12.5. The van der Waals surface area contributed by atoms with E-state index in [9.17, 15) is 4.79 Å². The molecule has 1 aromatic carbocycles. The lowest BCUT2D eigenvalue weighted by molar-refractivity contribution is -0.0197. The number of hydrogen-bond donors (Lipinski definition) is 2. The molecule has 0 spiro atoms. The lowest BCUT2D eigenvalue weighted by atomic mass is 10.2. The molecule has 0 saturated carbocycles. The largest absolute Gasteiger partial charge is 0.373 e. The van der Waals surface area contributed by atoms with Crippen molar-refractivity contribution in [3.63, 3.8) is 0 Å². The van der Waals surface area contributed by atoms with Crippen LogP contribution in [0.25, 0.3) is 10.9 Å². The summed E-state index contributed by atoms with van der Waals surface area (Å²) >= 11 is 0. The Kier molecular flexibility index (Phi) is 3.71. The molecule has 1 fully saturated rings. The number of amides is 1. The monoisotopic (exact) mass is 273 g/mol. The van der Waals surface area contributed by atoms with E-state index in [0.29, 0.717) is 25.4 Å². The predicted octanol–water partition coefficient (Wildman–Crippen LogP) is 1.23. The average molecular weight is 273 g/mol. The van der Waals surface area contributed by atoms with Gasteiger partial charge in [0.15, 0.2) is 0 Å². The van der Waals surface area contributed by atoms with Crippen LogP contribution < -0.4 is 5.32 Å². The van der Waals surface area contributed by atoms with Crippen molar-refractivity contribution in [2.75, 3.05) is 33.3 Å². The highest BCUT2D eigenvalue weighted by molar-refractivity contribution is 5.98. The van der Waals surface area contributed by atoms with Crippen LogP contribution in [0.2, 0.25) is 0 Å². The molecule has 1 aliphatic rings. The summed E-state index contributed by atoms with van der Waals surface area (Å²) in [5.41, 5.74) is 1.65. The highest BCUT2D eigenvalue weighted by Crippen LogP contribution is 2.17. The van der Waals surface area contributed by atoms with Gasteiger partial charge >= 0.3 is 0 Å². The van der Waals surface area contributed by atoms with E-state index in [4.69, 9.17) is 4.74 Å². The van der Waals surface area contributed by atoms with Gasteiger partial charge in [-0.05, 0) is 19.2 Å². The molecule has 1 aromatic heterocycles. The zero-order valence-electron chi connectivity index (χ0n) is 11.6. The van der Waals surface area contributed by atoms with E-state index >= 15 is 0 Å². The number of nitrogens with one attached hydrogen (secondary N) is 2. The summed E-state index contributed by atoms with van der Waals surface area (Å²) in [4.78, 5) is 17.6. The Labute approximate surface area is 117 Å². The average Bonchev–Trinajstić information content (AvgIpc) is 2.91. The topological polar surface area (TPSA) is 57.4 Å². The SMILES string of the molecule is CNCC1CN(C(=O)c2cc3ccccc3[nH]2)CCO1. The molecule has 2 N–H and O–H groups in total. The predicted molar refractivity (Wildman–Crippen MR) is 77.9 cm³/mol. The van der Waals surface area contributed by atoms with Crippen LogP contribution in [-0.2, 0) is 4.74 Å². The molecule has 106 valence electrons. The van der Waals surface area contributed by atoms with Gasteiger partial charge in [-0.3, -0.25) is 4.79 Å². The van der Waals surface area contributed by atoms with Crippen LogP contribution in [0.15, 0.2) is 30.3 Å². The lowest BCUT2D eigenvalue weighted by Crippen LogP contribution is -2.48. The number of aromatic nitrogens is 1. The number of benzene rings is 1. The standard InChI is InChI=1S/C15H19N3O2/c1-16-9-12-10-18(6-7-20-12)15(19)14-8-11-4-2-3-5-13(11)17-14/h2-5,8,12,16-17H,6-7,9-10H2,1H3. The Morgan fingerprint density at radius 2 is 2.35 bits per heavy atom. The third-order valence-electron chi connectivity index (χ3n) is 3.62. The number of nitrogens with zero attached hydrogens (tertiary/aromatic N) is 1. The Morgan fingerprint density at radius 3 is 3.15 bits per heavy atom. The summed E-state index contributed by atoms with van der Waals surface area (Å²) in [6.07, 6.45) is 0.0714. The van der Waals surface area contributed by atoms with Gasteiger partial charge in [0.25, 0.3) is 5.91 Å². The zero-order chi connectivity index (χ0) is 13.9. The Hall–Kier alpha value is -1.85. The van der Waals surface area contributed by atoms with E-state index in [2.05, 4.69) is 10.3 Å². The number of carbonyl (C=O) groups excluding carboxylic acids is 1. The van der Waals surface area contributed by atoms with Crippen LogP contribution in [0, 0.1) is 0 Å². The molecule has 1 unspecified atom stereocenters. The molecule has 1 atom stereocenters. The van der Waals surface area contributed by atoms with Crippen molar-refractivity contribution in [2.45, 2.75) is 6.10 Å². The zero-order valence-corrected chi connectivity index (χ0v) is 11.6. The Bertz CT molecular complexity index is 573. The van der Waals surface area contributed by atoms with Gasteiger partial charge in [-0.15, -0.1) is 0 Å². The number of para-hydroxylation sites is 1. The number of morpholine rings is 1. The summed E-state index contributed by atoms with van der Waals surface area (Å²) in [5, 5.41) is 4.15. The molecule has 2 aromatic rings. The highest BCUT2D eigenvalue weighted by atomic mass is 16.5. The second-order valence-corrected chi connectivity index (χ2v) is 5.07. The maximum Gasteiger partial charge on any atom is 0.270 e. The third kappa shape index (κ3) is 2.55. The molecular weight excluding hydrogens is 254 g/mol. The number of H-pyrrole nitrogens is 1. The first-order valence-corrected chi connectivity index (χ1v) is 6.91. The molecule has 1 saturated heterocycles. The van der Waals surface area contributed by atoms with Crippen LogP contribution in [0.1, 0.15) is 10.5 Å². The first kappa shape index (κ1) is 13.1. The number of hydrogen-bond acceptors (Lipinski definition) is 3. The van der Waals surface area contributed by atoms with Crippen molar-refractivity contribution < 1.29 is 9.53 Å². The minimum absolute atomic E-state index is 0.0469. The van der Waals surface area contributed by atoms with E-state index in [1.807, 2.05) is 42.3 Å². The van der Waals surface area contributed by atoms with Crippen molar-refractivity contribution in [1.82, 2.24) is 15.2 Å². The smallest absolute Gasteiger partial charge is 0.270 e. The summed E-state index contributed by atoms with van der Waals surface area (Å²) < 4.78 is 5.63. The number of carbonyl (C=O) groups is 1. The molecule has 0 aliphatic carbocycles. The van der Waals surface area contributed by atoms with Gasteiger partial charge in [0, 0.05) is 30.5 Å². The summed E-state index contributed by atoms with van der Waals surface area (Å²) in [6, 6.07) is 9.84. The molecule has 5 nitrogen and oxygen atoms in total. The molecule has 1 amide bonds. The fourth-order valence-corrected chi connectivity index (χ4v) is 2.61. The van der Waals surface area contributed by atoms with E-state index in [1.165, 1.54) is 0 Å². The number of fused-ring (bicyclic) bond motifs is 1. The van der Waals surface area contributed by atoms with E-state index in [0.717, 1.165) is 17.4 Å². The Morgan fingerprint density at radius 1 is 1.50 bits per heavy atom. The molecule has 2 heterocycles. The molecule has 5 heteroatoms. The van der Waals surface area contributed by atoms with Crippen LogP contribution in [0.3, 0.4) is 0 Å². The van der Waals surface area contributed by atoms with Gasteiger partial charge in [-0.1, -0.05) is 18.2 Å². The van der Waals surface area contributed by atoms with E-state index in [-0.39, 0.29) is 12.0 Å². The fourth-order valence-electron chi connectivity index (χ4n) is 2.61. The van der Waals surface area contributed by atoms with Crippen molar-refractivity contribution in [3.8, 4) is 0 Å². The van der Waals surface area contributed by atoms with Crippen molar-refractivity contribution in [3.05, 3.63) is 36.0 Å². The molecule has 0 bridgehead atoms. The van der Waals surface area contributed by atoms with Crippen LogP contribution in [0.4, 0.5) is 0 Å². The van der Waals surface area contributed by atoms with Crippen LogP contribution in [0.5, 0.6) is 0 Å². The Balaban J connectivity index is 1.77. The molecule has 1 aliphatic heterocycles. The summed E-state index contributed by atoms with van der Waals surface area (Å²) in [5.74, 6) is 0.0469. The normalized spacial score (nSPS) is 19.4. The fraction of sp³-hybridized carbons (Fsp3) is 0.400. The van der Waals surface area contributed by atoms with Crippen LogP contribution in [-0.4, -0.2) is 55.2 Å². The summed E-state index contributed by atoms with van der Waals surface area (Å²) in [6.45, 7) is 2.64. The van der Waals surface area contributed by atoms with E-state index in [1.54, 1.807) is 0 Å². The first-order valence-electron chi connectivity index (χ1n) is 6.91. The molecule has 0 radical (unpaired) electrons. The highest BCUT2D eigenvalue weighted by Gasteiger charge is 2.25. The maximum atomic E-state index is 12.5. The van der Waals surface area contributed by atoms with Gasteiger partial charge < -0.3 is 19.9 Å². The summed E-state index contributed by atoms with van der Waals surface area (Å²) in [7, 11) is 1.89. The number of aromatic amines is 1. The van der Waals surface area contributed by atoms with Gasteiger partial charge in [-0.2, -0.15) is 0 Å². The molecular formula is C15H19N3O2. The number of likely N-dealkylation sites (N-methyl/N-ethyl adjacent to an activating group) is 1. The van der Waals surface area contributed by atoms with Gasteiger partial charge in [0.2, 0.25) is 0 Å². The minimum Gasteiger partial charge on any atom is -0.373 e. The second-order valence-electron chi connectivity index (χ2n) is 5.07. The van der Waals surface area contributed by atoms with Crippen LogP contribution >= 0.6 is 0 Å². The second kappa shape index (κ2) is 5.64. The van der Waals surface area contributed by atoms with Gasteiger partial charge in [0.05, 0.1) is 12.7 Å². The first-order chi connectivity index (χ1) is 9.78. The molecule has 20 heavy (non-hydrogen) atoms. The molecule has 3 rings (SSSR count). The lowest BCUT2D eigenvalue weighted by Gasteiger charge is -2.32. The van der Waals surface area contributed by atoms with E-state index < -0.39 is 0 Å². The van der Waals surface area contributed by atoms with Gasteiger partial charge in [0.1, 0.15) is 5.69 Å². The minimum atomic E-state index is 0.0469. The van der Waals surface area contributed by atoms with Crippen molar-refractivity contribution >= 4 is 16.8 Å². The number of rotatable bonds is 3. The third-order valence-corrected chi connectivity index (χ3v) is 3.62. The number of ether oxygens (including phenoxy) is 1. The van der Waals surface area contributed by atoms with Crippen molar-refractivity contribution in [1.29, 1.82) is 0 Å².